The fourth-order valence-corrected chi connectivity index (χ4v) is 3.46. The van der Waals surface area contributed by atoms with Crippen molar-refractivity contribution in [3.8, 4) is 6.07 Å². The van der Waals surface area contributed by atoms with E-state index in [0.29, 0.717) is 13.0 Å². The highest BCUT2D eigenvalue weighted by Crippen LogP contribution is 2.20. The molecule has 1 heterocycles. The van der Waals surface area contributed by atoms with Gasteiger partial charge in [-0.2, -0.15) is 5.26 Å². The lowest BCUT2D eigenvalue weighted by Gasteiger charge is -2.29. The molecule has 1 unspecified atom stereocenters. The lowest BCUT2D eigenvalue weighted by molar-refractivity contribution is -0.133. The summed E-state index contributed by atoms with van der Waals surface area (Å²) in [4.78, 5) is 26.5. The van der Waals surface area contributed by atoms with Gasteiger partial charge >= 0.3 is 6.09 Å². The minimum Gasteiger partial charge on any atom is -0.436 e. The molecule has 0 radical (unpaired) electrons. The molecule has 0 bridgehead atoms. The lowest BCUT2D eigenvalue weighted by Crippen LogP contribution is -2.47. The van der Waals surface area contributed by atoms with Crippen LogP contribution in [-0.2, 0) is 33.8 Å². The number of ether oxygens (including phenoxy) is 2. The molecule has 1 aliphatic rings. The van der Waals surface area contributed by atoms with Crippen LogP contribution in [0.25, 0.3) is 0 Å². The van der Waals surface area contributed by atoms with Crippen LogP contribution in [0.2, 0.25) is 0 Å². The number of halogens is 2. The van der Waals surface area contributed by atoms with Gasteiger partial charge in [-0.3, -0.25) is 4.79 Å². The molecule has 2 atom stereocenters. The van der Waals surface area contributed by atoms with Gasteiger partial charge in [0.1, 0.15) is 6.04 Å². The molecule has 1 N–H and O–H groups in total. The summed E-state index contributed by atoms with van der Waals surface area (Å²) in [6.07, 6.45) is -5.80. The van der Waals surface area contributed by atoms with Gasteiger partial charge in [-0.1, -0.05) is 54.6 Å². The quantitative estimate of drug-likeness (QED) is 0.623. The van der Waals surface area contributed by atoms with Crippen LogP contribution in [0, 0.1) is 11.3 Å². The van der Waals surface area contributed by atoms with Crippen LogP contribution in [0.15, 0.2) is 54.6 Å². The SMILES string of the molecule is N#C[C@H](COCc1ccccc1)NC(=O)C(CC(F)F)OC(=O)N1CCc2ccccc2C1. The molecule has 174 valence electrons. The highest BCUT2D eigenvalue weighted by Gasteiger charge is 2.31. The monoisotopic (exact) mass is 457 g/mol. The Bertz CT molecular complexity index is 981. The average Bonchev–Trinajstić information content (AvgIpc) is 2.82. The third-order valence-electron chi connectivity index (χ3n) is 5.19. The number of nitrogens with one attached hydrogen (secondary N) is 1. The van der Waals surface area contributed by atoms with Crippen molar-refractivity contribution in [2.45, 2.75) is 44.6 Å². The van der Waals surface area contributed by atoms with E-state index in [2.05, 4.69) is 5.32 Å². The number of alkyl halides is 2. The first-order chi connectivity index (χ1) is 16.0. The number of amides is 2. The van der Waals surface area contributed by atoms with E-state index < -0.39 is 37.0 Å². The summed E-state index contributed by atoms with van der Waals surface area (Å²) in [5.74, 6) is -0.962. The summed E-state index contributed by atoms with van der Waals surface area (Å²) in [6.45, 7) is 0.704. The van der Waals surface area contributed by atoms with Gasteiger partial charge in [-0.15, -0.1) is 0 Å². The van der Waals surface area contributed by atoms with Crippen molar-refractivity contribution >= 4 is 12.0 Å². The zero-order chi connectivity index (χ0) is 23.6. The fourth-order valence-electron chi connectivity index (χ4n) is 3.46. The number of rotatable bonds is 9. The summed E-state index contributed by atoms with van der Waals surface area (Å²) in [7, 11) is 0. The normalized spacial score (nSPS) is 14.7. The van der Waals surface area contributed by atoms with Gasteiger partial charge in [-0.25, -0.2) is 13.6 Å². The Morgan fingerprint density at radius 3 is 2.48 bits per heavy atom. The predicted octanol–water partition coefficient (Wildman–Crippen LogP) is 3.43. The first kappa shape index (κ1) is 24.1. The third kappa shape index (κ3) is 7.26. The minimum absolute atomic E-state index is 0.143. The van der Waals surface area contributed by atoms with Crippen molar-refractivity contribution < 1.29 is 27.8 Å². The smallest absolute Gasteiger partial charge is 0.410 e. The maximum Gasteiger partial charge on any atom is 0.410 e. The first-order valence-electron chi connectivity index (χ1n) is 10.6. The van der Waals surface area contributed by atoms with Gasteiger partial charge in [0.2, 0.25) is 6.43 Å². The topological polar surface area (TPSA) is 91.7 Å². The lowest BCUT2D eigenvalue weighted by atomic mass is 10.0. The molecule has 0 saturated carbocycles. The van der Waals surface area contributed by atoms with E-state index in [9.17, 15) is 23.6 Å². The van der Waals surface area contributed by atoms with E-state index >= 15 is 0 Å². The number of benzene rings is 2. The number of fused-ring (bicyclic) bond motifs is 1. The van der Waals surface area contributed by atoms with Crippen molar-refractivity contribution in [2.24, 2.45) is 0 Å². The van der Waals surface area contributed by atoms with E-state index in [0.717, 1.165) is 16.7 Å². The Kier molecular flexibility index (Phi) is 8.72. The number of hydrogen-bond donors (Lipinski definition) is 1. The van der Waals surface area contributed by atoms with Gasteiger partial charge in [0.05, 0.1) is 25.7 Å². The van der Waals surface area contributed by atoms with Gasteiger partial charge in [0.25, 0.3) is 5.91 Å². The van der Waals surface area contributed by atoms with Gasteiger partial charge in [0.15, 0.2) is 6.10 Å². The van der Waals surface area contributed by atoms with Crippen LogP contribution in [0.3, 0.4) is 0 Å². The molecule has 0 spiro atoms. The second-order valence-electron chi connectivity index (χ2n) is 7.63. The second-order valence-corrected chi connectivity index (χ2v) is 7.63. The third-order valence-corrected chi connectivity index (χ3v) is 5.19. The highest BCUT2D eigenvalue weighted by atomic mass is 19.3. The number of carbonyl (C=O) groups excluding carboxylic acids is 2. The molecule has 0 aliphatic carbocycles. The summed E-state index contributed by atoms with van der Waals surface area (Å²) < 4.78 is 36.7. The Morgan fingerprint density at radius 1 is 1.09 bits per heavy atom. The molecule has 2 aromatic carbocycles. The van der Waals surface area contributed by atoms with E-state index in [1.54, 1.807) is 0 Å². The Labute approximate surface area is 190 Å². The van der Waals surface area contributed by atoms with Gasteiger partial charge in [0, 0.05) is 13.1 Å². The van der Waals surface area contributed by atoms with Crippen LogP contribution in [-0.4, -0.2) is 48.6 Å². The molecule has 2 aromatic rings. The fraction of sp³-hybridized carbons (Fsp3) is 0.375. The van der Waals surface area contributed by atoms with Gasteiger partial charge in [-0.05, 0) is 23.1 Å². The molecule has 7 nitrogen and oxygen atoms in total. The Morgan fingerprint density at radius 2 is 1.79 bits per heavy atom. The van der Waals surface area contributed by atoms with Crippen LogP contribution in [0.4, 0.5) is 13.6 Å². The zero-order valence-electron chi connectivity index (χ0n) is 18.0. The Hall–Kier alpha value is -3.51. The largest absolute Gasteiger partial charge is 0.436 e. The van der Waals surface area contributed by atoms with Crippen LogP contribution < -0.4 is 5.32 Å². The molecule has 33 heavy (non-hydrogen) atoms. The number of nitrogens with zero attached hydrogens (tertiary/aromatic N) is 2. The molecule has 9 heteroatoms. The van der Waals surface area contributed by atoms with E-state index in [-0.39, 0.29) is 19.8 Å². The summed E-state index contributed by atoms with van der Waals surface area (Å²) in [5.41, 5.74) is 2.93. The molecular weight excluding hydrogens is 432 g/mol. The number of carbonyl (C=O) groups is 2. The maximum absolute atomic E-state index is 13.1. The maximum atomic E-state index is 13.1. The molecule has 3 rings (SSSR count). The molecule has 0 saturated heterocycles. The van der Waals surface area contributed by atoms with E-state index in [4.69, 9.17) is 9.47 Å². The summed E-state index contributed by atoms with van der Waals surface area (Å²) in [6, 6.07) is 17.6. The van der Waals surface area contributed by atoms with Crippen LogP contribution in [0.5, 0.6) is 0 Å². The molecule has 2 amide bonds. The zero-order valence-corrected chi connectivity index (χ0v) is 18.0. The summed E-state index contributed by atoms with van der Waals surface area (Å²) in [5, 5.41) is 11.6. The van der Waals surface area contributed by atoms with E-state index in [1.807, 2.05) is 60.7 Å². The standard InChI is InChI=1S/C24H25F2N3O4/c25-22(26)12-21(33-24(31)29-11-10-18-8-4-5-9-19(18)14-29)23(30)28-20(13-27)16-32-15-17-6-2-1-3-7-17/h1-9,20-22H,10-12,14-16H2,(H,28,30)/t20-,21?/m1/s1. The van der Waals surface area contributed by atoms with Crippen molar-refractivity contribution in [3.63, 3.8) is 0 Å². The first-order valence-corrected chi connectivity index (χ1v) is 10.6. The van der Waals surface area contributed by atoms with Crippen LogP contribution in [0.1, 0.15) is 23.1 Å². The average molecular weight is 457 g/mol. The minimum atomic E-state index is -2.87. The van der Waals surface area contributed by atoms with Crippen molar-refractivity contribution in [3.05, 3.63) is 71.3 Å². The van der Waals surface area contributed by atoms with Crippen molar-refractivity contribution in [1.29, 1.82) is 5.26 Å². The van der Waals surface area contributed by atoms with Crippen LogP contribution >= 0.6 is 0 Å². The number of hydrogen-bond acceptors (Lipinski definition) is 5. The van der Waals surface area contributed by atoms with Gasteiger partial charge < -0.3 is 19.7 Å². The highest BCUT2D eigenvalue weighted by molar-refractivity contribution is 5.84. The Balaban J connectivity index is 1.55. The molecular formula is C24H25F2N3O4. The van der Waals surface area contributed by atoms with Crippen molar-refractivity contribution in [2.75, 3.05) is 13.2 Å². The van der Waals surface area contributed by atoms with E-state index in [1.165, 1.54) is 4.90 Å². The second kappa shape index (κ2) is 11.9. The summed E-state index contributed by atoms with van der Waals surface area (Å²) >= 11 is 0. The number of nitriles is 1. The molecule has 1 aliphatic heterocycles. The molecule has 0 fully saturated rings. The predicted molar refractivity (Wildman–Crippen MR) is 115 cm³/mol. The van der Waals surface area contributed by atoms with Crippen molar-refractivity contribution in [1.82, 2.24) is 10.2 Å². The molecule has 0 aromatic heterocycles.